The lowest BCUT2D eigenvalue weighted by Crippen LogP contribution is -2.29. The maximum Gasteiger partial charge on any atom is 0.303 e. The van der Waals surface area contributed by atoms with Gasteiger partial charge in [-0.15, -0.1) is 0 Å². The second kappa shape index (κ2) is 6.90. The Labute approximate surface area is 123 Å². The lowest BCUT2D eigenvalue weighted by Gasteiger charge is -2.22. The molecule has 0 aliphatic carbocycles. The Bertz CT molecular complexity index is 578. The fourth-order valence-corrected chi connectivity index (χ4v) is 3.40. The van der Waals surface area contributed by atoms with Crippen molar-refractivity contribution in [3.8, 4) is 0 Å². The Morgan fingerprint density at radius 1 is 1.48 bits per heavy atom. The number of piperidine rings is 1. The highest BCUT2D eigenvalue weighted by molar-refractivity contribution is 7.92. The standard InChI is InChI=1S/C12H20N4O4S/c17-12(18)2-1-7-21(19,20)15-10-8-14-16(9-10)11-3-5-13-6-4-11/h8-9,11,13,15H,1-7H2,(H,17,18). The number of carboxylic acid groups (broad SMARTS) is 1. The molecule has 0 saturated carbocycles. The van der Waals surface area contributed by atoms with Gasteiger partial charge in [-0.05, 0) is 32.4 Å². The van der Waals surface area contributed by atoms with Crippen LogP contribution >= 0.6 is 0 Å². The zero-order chi connectivity index (χ0) is 15.3. The number of carbonyl (C=O) groups is 1. The van der Waals surface area contributed by atoms with Crippen LogP contribution in [0.3, 0.4) is 0 Å². The van der Waals surface area contributed by atoms with E-state index in [0.29, 0.717) is 5.69 Å². The minimum absolute atomic E-state index is 0.0904. The summed E-state index contributed by atoms with van der Waals surface area (Å²) in [5, 5.41) is 16.0. The molecule has 0 bridgehead atoms. The second-order valence-electron chi connectivity index (χ2n) is 5.11. The smallest absolute Gasteiger partial charge is 0.303 e. The first-order chi connectivity index (χ1) is 9.96. The highest BCUT2D eigenvalue weighted by atomic mass is 32.2. The summed E-state index contributed by atoms with van der Waals surface area (Å²) in [5.41, 5.74) is 0.420. The van der Waals surface area contributed by atoms with Gasteiger partial charge in [0, 0.05) is 12.6 Å². The number of rotatable bonds is 7. The van der Waals surface area contributed by atoms with E-state index in [1.165, 1.54) is 6.20 Å². The van der Waals surface area contributed by atoms with Crippen molar-refractivity contribution < 1.29 is 18.3 Å². The molecule has 118 valence electrons. The van der Waals surface area contributed by atoms with Crippen molar-refractivity contribution in [3.63, 3.8) is 0 Å². The largest absolute Gasteiger partial charge is 0.481 e. The lowest BCUT2D eigenvalue weighted by atomic mass is 10.1. The molecule has 1 aromatic heterocycles. The molecule has 2 heterocycles. The SMILES string of the molecule is O=C(O)CCCS(=O)(=O)Nc1cnn(C2CCNCC2)c1. The van der Waals surface area contributed by atoms with Gasteiger partial charge in [-0.25, -0.2) is 8.42 Å². The average molecular weight is 316 g/mol. The molecule has 1 aliphatic heterocycles. The number of nitrogens with one attached hydrogen (secondary N) is 2. The minimum Gasteiger partial charge on any atom is -0.481 e. The van der Waals surface area contributed by atoms with Crippen molar-refractivity contribution in [1.29, 1.82) is 0 Å². The van der Waals surface area contributed by atoms with Crippen molar-refractivity contribution in [2.24, 2.45) is 0 Å². The van der Waals surface area contributed by atoms with Crippen molar-refractivity contribution >= 4 is 21.7 Å². The molecule has 1 aliphatic rings. The van der Waals surface area contributed by atoms with Crippen LogP contribution in [0.5, 0.6) is 0 Å². The topological polar surface area (TPSA) is 113 Å². The van der Waals surface area contributed by atoms with Gasteiger partial charge in [-0.1, -0.05) is 0 Å². The van der Waals surface area contributed by atoms with Gasteiger partial charge >= 0.3 is 5.97 Å². The third-order valence-electron chi connectivity index (χ3n) is 3.36. The summed E-state index contributed by atoms with van der Waals surface area (Å²) in [7, 11) is -3.53. The van der Waals surface area contributed by atoms with Gasteiger partial charge in [0.05, 0.1) is 23.7 Å². The van der Waals surface area contributed by atoms with Gasteiger partial charge in [0.25, 0.3) is 0 Å². The van der Waals surface area contributed by atoms with E-state index in [-0.39, 0.29) is 24.6 Å². The number of hydrogen-bond donors (Lipinski definition) is 3. The number of carboxylic acids is 1. The molecule has 0 atom stereocenters. The van der Waals surface area contributed by atoms with Crippen molar-refractivity contribution in [3.05, 3.63) is 12.4 Å². The Kier molecular flexibility index (Phi) is 5.18. The third-order valence-corrected chi connectivity index (χ3v) is 4.73. The van der Waals surface area contributed by atoms with Crippen LogP contribution in [-0.2, 0) is 14.8 Å². The first-order valence-electron chi connectivity index (χ1n) is 6.93. The van der Waals surface area contributed by atoms with E-state index >= 15 is 0 Å². The molecule has 9 heteroatoms. The van der Waals surface area contributed by atoms with Crippen LogP contribution < -0.4 is 10.0 Å². The summed E-state index contributed by atoms with van der Waals surface area (Å²) >= 11 is 0. The van der Waals surface area contributed by atoms with Gasteiger partial charge in [-0.2, -0.15) is 5.10 Å². The van der Waals surface area contributed by atoms with Crippen LogP contribution in [0.1, 0.15) is 31.7 Å². The predicted octanol–water partition coefficient (Wildman–Crippen LogP) is 0.414. The molecule has 0 aromatic carbocycles. The summed E-state index contributed by atoms with van der Waals surface area (Å²) < 4.78 is 27.9. The number of aromatic nitrogens is 2. The number of hydrogen-bond acceptors (Lipinski definition) is 5. The van der Waals surface area contributed by atoms with Crippen LogP contribution in [-0.4, -0.2) is 48.1 Å². The zero-order valence-electron chi connectivity index (χ0n) is 11.7. The number of nitrogens with zero attached hydrogens (tertiary/aromatic N) is 2. The molecule has 8 nitrogen and oxygen atoms in total. The molecule has 3 N–H and O–H groups in total. The van der Waals surface area contributed by atoms with Crippen LogP contribution in [0.15, 0.2) is 12.4 Å². The fourth-order valence-electron chi connectivity index (χ4n) is 2.31. The van der Waals surface area contributed by atoms with Gasteiger partial charge in [0.15, 0.2) is 0 Å². The first kappa shape index (κ1) is 15.8. The van der Waals surface area contributed by atoms with Crippen molar-refractivity contribution in [1.82, 2.24) is 15.1 Å². The normalized spacial score (nSPS) is 16.8. The van der Waals surface area contributed by atoms with Gasteiger partial charge < -0.3 is 10.4 Å². The van der Waals surface area contributed by atoms with Crippen LogP contribution in [0.2, 0.25) is 0 Å². The van der Waals surface area contributed by atoms with E-state index in [4.69, 9.17) is 5.11 Å². The monoisotopic (exact) mass is 316 g/mol. The summed E-state index contributed by atoms with van der Waals surface area (Å²) in [5.74, 6) is -1.21. The van der Waals surface area contributed by atoms with Gasteiger partial charge in [0.1, 0.15) is 0 Å². The molecule has 21 heavy (non-hydrogen) atoms. The van der Waals surface area contributed by atoms with Crippen molar-refractivity contribution in [2.45, 2.75) is 31.7 Å². The molecule has 1 aromatic rings. The Balaban J connectivity index is 1.90. The molecule has 0 amide bonds. The highest BCUT2D eigenvalue weighted by Crippen LogP contribution is 2.20. The molecule has 1 saturated heterocycles. The first-order valence-corrected chi connectivity index (χ1v) is 8.59. The van der Waals surface area contributed by atoms with Gasteiger partial charge in [-0.3, -0.25) is 14.2 Å². The maximum atomic E-state index is 11.8. The zero-order valence-corrected chi connectivity index (χ0v) is 12.5. The molecule has 1 fully saturated rings. The molecular formula is C12H20N4O4S. The molecule has 0 unspecified atom stereocenters. The molecular weight excluding hydrogens is 296 g/mol. The maximum absolute atomic E-state index is 11.8. The van der Waals surface area contributed by atoms with E-state index in [1.54, 1.807) is 10.9 Å². The average Bonchev–Trinajstić information content (AvgIpc) is 2.86. The Morgan fingerprint density at radius 2 is 2.19 bits per heavy atom. The predicted molar refractivity (Wildman–Crippen MR) is 77.6 cm³/mol. The Hall–Kier alpha value is -1.61. The third kappa shape index (κ3) is 5.01. The van der Waals surface area contributed by atoms with E-state index in [9.17, 15) is 13.2 Å². The van der Waals surface area contributed by atoms with E-state index in [0.717, 1.165) is 25.9 Å². The quantitative estimate of drug-likeness (QED) is 0.671. The van der Waals surface area contributed by atoms with E-state index in [1.807, 2.05) is 0 Å². The summed E-state index contributed by atoms with van der Waals surface area (Å²) in [4.78, 5) is 10.4. The van der Waals surface area contributed by atoms with Crippen LogP contribution in [0, 0.1) is 0 Å². The molecule has 0 spiro atoms. The number of sulfonamides is 1. The Morgan fingerprint density at radius 3 is 2.86 bits per heavy atom. The van der Waals surface area contributed by atoms with Crippen LogP contribution in [0.25, 0.3) is 0 Å². The van der Waals surface area contributed by atoms with Crippen LogP contribution in [0.4, 0.5) is 5.69 Å². The minimum atomic E-state index is -3.53. The number of aliphatic carboxylic acids is 1. The second-order valence-corrected chi connectivity index (χ2v) is 6.95. The molecule has 2 rings (SSSR count). The molecule has 0 radical (unpaired) electrons. The van der Waals surface area contributed by atoms with Gasteiger partial charge in [0.2, 0.25) is 10.0 Å². The summed E-state index contributed by atoms with van der Waals surface area (Å²) in [6.07, 6.45) is 5.03. The van der Waals surface area contributed by atoms with E-state index < -0.39 is 16.0 Å². The summed E-state index contributed by atoms with van der Waals surface area (Å²) in [6.45, 7) is 1.86. The lowest BCUT2D eigenvalue weighted by molar-refractivity contribution is -0.137. The van der Waals surface area contributed by atoms with Crippen molar-refractivity contribution in [2.75, 3.05) is 23.6 Å². The fraction of sp³-hybridized carbons (Fsp3) is 0.667. The number of anilines is 1. The van der Waals surface area contributed by atoms with E-state index in [2.05, 4.69) is 15.1 Å². The summed E-state index contributed by atoms with van der Waals surface area (Å²) in [6, 6.07) is 0.288. The highest BCUT2D eigenvalue weighted by Gasteiger charge is 2.17.